The molecule has 0 aliphatic rings. The molecule has 7 nitrogen and oxygen atoms in total. The Bertz CT molecular complexity index is 865. The van der Waals surface area contributed by atoms with E-state index in [0.717, 1.165) is 0 Å². The van der Waals surface area contributed by atoms with Crippen molar-refractivity contribution in [1.29, 1.82) is 0 Å². The number of benzene rings is 1. The van der Waals surface area contributed by atoms with E-state index in [4.69, 9.17) is 27.9 Å². The summed E-state index contributed by atoms with van der Waals surface area (Å²) in [5, 5.41) is 11.3. The molecule has 146 valence electrons. The zero-order valence-electron chi connectivity index (χ0n) is 15.9. The van der Waals surface area contributed by atoms with Gasteiger partial charge in [-0.25, -0.2) is 9.89 Å². The first-order valence-electron chi connectivity index (χ1n) is 8.46. The fourth-order valence-corrected chi connectivity index (χ4v) is 2.76. The van der Waals surface area contributed by atoms with Gasteiger partial charge in [0.1, 0.15) is 5.69 Å². The Kier molecular flexibility index (Phi) is 6.84. The maximum atomic E-state index is 11.5. The number of aromatic amines is 1. The van der Waals surface area contributed by atoms with Gasteiger partial charge >= 0.3 is 5.69 Å². The Morgan fingerprint density at radius 3 is 2.48 bits per heavy atom. The van der Waals surface area contributed by atoms with Crippen molar-refractivity contribution in [2.75, 3.05) is 12.0 Å². The van der Waals surface area contributed by atoms with Crippen molar-refractivity contribution in [1.82, 2.24) is 15.2 Å². The first kappa shape index (κ1) is 21.2. The minimum absolute atomic E-state index is 0.289. The number of rotatable bonds is 6. The van der Waals surface area contributed by atoms with Gasteiger partial charge in [0, 0.05) is 5.41 Å². The molecule has 2 rings (SSSR count). The van der Waals surface area contributed by atoms with E-state index in [0.29, 0.717) is 39.6 Å². The molecular weight excluding hydrogens is 389 g/mol. The molecule has 9 heteroatoms. The van der Waals surface area contributed by atoms with Gasteiger partial charge in [0.2, 0.25) is 0 Å². The molecule has 0 aliphatic carbocycles. The summed E-state index contributed by atoms with van der Waals surface area (Å²) in [7, 11) is 0. The van der Waals surface area contributed by atoms with Crippen LogP contribution in [0.4, 0.5) is 5.82 Å². The molecule has 0 saturated heterocycles. The number of hydrogen-bond donors (Lipinski definition) is 2. The summed E-state index contributed by atoms with van der Waals surface area (Å²) in [6.45, 7) is 10.5. The van der Waals surface area contributed by atoms with Crippen LogP contribution in [0.3, 0.4) is 0 Å². The van der Waals surface area contributed by atoms with Gasteiger partial charge in [0.15, 0.2) is 11.6 Å². The van der Waals surface area contributed by atoms with E-state index >= 15 is 0 Å². The Balaban J connectivity index is 2.20. The average Bonchev–Trinajstić information content (AvgIpc) is 2.52. The maximum absolute atomic E-state index is 11.5. The minimum Gasteiger partial charge on any atom is -0.490 e. The SMILES string of the molecule is CC(C)COc1c(Cl)cc(/C=N/Nc2nc(=O)[nH]nc2C(C)(C)C)cc1Cl. The molecule has 0 aliphatic heterocycles. The lowest BCUT2D eigenvalue weighted by Gasteiger charge is -2.18. The van der Waals surface area contributed by atoms with Gasteiger partial charge in [0.05, 0.1) is 22.9 Å². The summed E-state index contributed by atoms with van der Waals surface area (Å²) in [6, 6.07) is 3.39. The van der Waals surface area contributed by atoms with Gasteiger partial charge < -0.3 is 4.74 Å². The van der Waals surface area contributed by atoms with Crippen LogP contribution in [0.5, 0.6) is 5.75 Å². The summed E-state index contributed by atoms with van der Waals surface area (Å²) in [5.74, 6) is 1.10. The molecule has 1 heterocycles. The second kappa shape index (κ2) is 8.71. The van der Waals surface area contributed by atoms with Crippen LogP contribution in [0.25, 0.3) is 0 Å². The highest BCUT2D eigenvalue weighted by atomic mass is 35.5. The van der Waals surface area contributed by atoms with Crippen molar-refractivity contribution in [3.8, 4) is 5.75 Å². The smallest absolute Gasteiger partial charge is 0.363 e. The van der Waals surface area contributed by atoms with E-state index in [1.54, 1.807) is 12.1 Å². The highest BCUT2D eigenvalue weighted by Crippen LogP contribution is 2.34. The van der Waals surface area contributed by atoms with Crippen LogP contribution in [-0.2, 0) is 5.41 Å². The van der Waals surface area contributed by atoms with Gasteiger partial charge in [-0.15, -0.1) is 0 Å². The summed E-state index contributed by atoms with van der Waals surface area (Å²) in [5.41, 5.74) is 3.14. The number of hydrogen-bond acceptors (Lipinski definition) is 6. The number of nitrogens with zero attached hydrogens (tertiary/aromatic N) is 3. The summed E-state index contributed by atoms with van der Waals surface area (Å²) in [6.07, 6.45) is 1.53. The molecular formula is C18H23Cl2N5O2. The standard InChI is InChI=1S/C18H23Cl2N5O2/c1-10(2)9-27-14-12(19)6-11(7-13(14)20)8-21-24-16-15(18(3,4)5)23-25-17(26)22-16/h6-8,10H,9H2,1-5H3,(H2,22,24,25,26)/b21-8+. The predicted octanol–water partition coefficient (Wildman–Crippen LogP) is 4.25. The average molecular weight is 412 g/mol. The molecule has 0 saturated carbocycles. The van der Waals surface area contributed by atoms with Crippen LogP contribution in [-0.4, -0.2) is 28.0 Å². The molecule has 2 aromatic rings. The molecule has 1 aromatic heterocycles. The maximum Gasteiger partial charge on any atom is 0.363 e. The summed E-state index contributed by atoms with van der Waals surface area (Å²) >= 11 is 12.5. The van der Waals surface area contributed by atoms with Gasteiger partial charge in [0.25, 0.3) is 0 Å². The molecule has 0 radical (unpaired) electrons. The van der Waals surface area contributed by atoms with E-state index < -0.39 is 5.69 Å². The fraction of sp³-hybridized carbons (Fsp3) is 0.444. The molecule has 0 amide bonds. The highest BCUT2D eigenvalue weighted by Gasteiger charge is 2.21. The van der Waals surface area contributed by atoms with Crippen LogP contribution < -0.4 is 15.9 Å². The molecule has 0 bridgehead atoms. The Morgan fingerprint density at radius 1 is 1.30 bits per heavy atom. The monoisotopic (exact) mass is 411 g/mol. The Hall–Kier alpha value is -2.12. The van der Waals surface area contributed by atoms with Gasteiger partial charge in [-0.2, -0.15) is 15.2 Å². The third-order valence-electron chi connectivity index (χ3n) is 3.38. The Labute approximate surface area is 168 Å². The lowest BCUT2D eigenvalue weighted by atomic mass is 9.92. The molecule has 0 fully saturated rings. The van der Waals surface area contributed by atoms with E-state index in [2.05, 4.69) is 25.7 Å². The van der Waals surface area contributed by atoms with Crippen molar-refractivity contribution in [2.45, 2.75) is 40.0 Å². The van der Waals surface area contributed by atoms with E-state index in [9.17, 15) is 4.79 Å². The third kappa shape index (κ3) is 5.94. The summed E-state index contributed by atoms with van der Waals surface area (Å²) in [4.78, 5) is 15.4. The third-order valence-corrected chi connectivity index (χ3v) is 3.94. The molecule has 0 unspecified atom stereocenters. The quantitative estimate of drug-likeness (QED) is 0.547. The van der Waals surface area contributed by atoms with Crippen molar-refractivity contribution >= 4 is 35.2 Å². The largest absolute Gasteiger partial charge is 0.490 e. The number of halogens is 2. The van der Waals surface area contributed by atoms with Crippen LogP contribution >= 0.6 is 23.2 Å². The van der Waals surface area contributed by atoms with Crippen molar-refractivity contribution in [3.63, 3.8) is 0 Å². The molecule has 0 spiro atoms. The van der Waals surface area contributed by atoms with Crippen LogP contribution in [0.2, 0.25) is 10.0 Å². The van der Waals surface area contributed by atoms with E-state index in [1.165, 1.54) is 6.21 Å². The van der Waals surface area contributed by atoms with Gasteiger partial charge in [-0.05, 0) is 23.6 Å². The fourth-order valence-electron chi connectivity index (χ4n) is 2.15. The van der Waals surface area contributed by atoms with Crippen molar-refractivity contribution in [3.05, 3.63) is 43.9 Å². The minimum atomic E-state index is -0.557. The number of nitrogens with one attached hydrogen (secondary N) is 2. The second-order valence-electron chi connectivity index (χ2n) is 7.48. The van der Waals surface area contributed by atoms with E-state index in [1.807, 2.05) is 34.6 Å². The molecule has 2 N–H and O–H groups in total. The first-order chi connectivity index (χ1) is 12.6. The topological polar surface area (TPSA) is 92.3 Å². The second-order valence-corrected chi connectivity index (χ2v) is 8.29. The van der Waals surface area contributed by atoms with Gasteiger partial charge in [-0.3, -0.25) is 5.43 Å². The predicted molar refractivity (Wildman–Crippen MR) is 109 cm³/mol. The number of hydrazone groups is 1. The zero-order chi connectivity index (χ0) is 20.2. The first-order valence-corrected chi connectivity index (χ1v) is 9.21. The highest BCUT2D eigenvalue weighted by molar-refractivity contribution is 6.37. The van der Waals surface area contributed by atoms with Gasteiger partial charge in [-0.1, -0.05) is 57.8 Å². The normalized spacial score (nSPS) is 12.0. The lowest BCUT2D eigenvalue weighted by molar-refractivity contribution is 0.271. The molecule has 0 atom stereocenters. The number of aromatic nitrogens is 3. The Morgan fingerprint density at radius 2 is 1.93 bits per heavy atom. The van der Waals surface area contributed by atoms with Crippen LogP contribution in [0, 0.1) is 5.92 Å². The van der Waals surface area contributed by atoms with Crippen molar-refractivity contribution < 1.29 is 4.74 Å². The number of H-pyrrole nitrogens is 1. The van der Waals surface area contributed by atoms with Crippen LogP contribution in [0.15, 0.2) is 22.0 Å². The number of ether oxygens (including phenoxy) is 1. The molecule has 27 heavy (non-hydrogen) atoms. The molecule has 1 aromatic carbocycles. The number of anilines is 1. The zero-order valence-corrected chi connectivity index (χ0v) is 17.4. The van der Waals surface area contributed by atoms with Crippen LogP contribution in [0.1, 0.15) is 45.9 Å². The summed E-state index contributed by atoms with van der Waals surface area (Å²) < 4.78 is 5.64. The van der Waals surface area contributed by atoms with Crippen molar-refractivity contribution in [2.24, 2.45) is 11.0 Å². The van der Waals surface area contributed by atoms with E-state index in [-0.39, 0.29) is 11.2 Å². The lowest BCUT2D eigenvalue weighted by Crippen LogP contribution is -2.24.